The number of hydrogen-bond acceptors (Lipinski definition) is 0. The molecule has 0 nitrogen and oxygen atoms in total. The Bertz CT molecular complexity index is 2280. The van der Waals surface area contributed by atoms with Gasteiger partial charge in [0, 0.05) is 0 Å². The standard InChI is InChI=1S/C41H26/c1-2-12-27-23-29(22-21-26(27)11-1)40-33-17-7-9-19-35(33)41(36-20-10-8-18-34(36)40)39-25-38-30-14-4-3-13-28(30)24-37(38)31-15-5-6-16-32(31)39/h1-23,25H,24H2. The Kier molecular flexibility index (Phi) is 4.77. The summed E-state index contributed by atoms with van der Waals surface area (Å²) in [7, 11) is 0. The molecule has 0 saturated heterocycles. The maximum atomic E-state index is 2.48. The van der Waals surface area contributed by atoms with E-state index in [1.54, 1.807) is 0 Å². The lowest BCUT2D eigenvalue weighted by molar-refractivity contribution is 1.28. The Balaban J connectivity index is 1.43. The van der Waals surface area contributed by atoms with E-state index >= 15 is 0 Å². The Morgan fingerprint density at radius 1 is 0.341 bits per heavy atom. The summed E-state index contributed by atoms with van der Waals surface area (Å²) in [5.41, 5.74) is 10.8. The molecule has 1 aliphatic rings. The number of hydrogen-bond donors (Lipinski definition) is 0. The first-order valence-electron chi connectivity index (χ1n) is 14.4. The van der Waals surface area contributed by atoms with E-state index in [9.17, 15) is 0 Å². The average molecular weight is 519 g/mol. The van der Waals surface area contributed by atoms with Gasteiger partial charge in [-0.25, -0.2) is 0 Å². The van der Waals surface area contributed by atoms with Gasteiger partial charge >= 0.3 is 0 Å². The summed E-state index contributed by atoms with van der Waals surface area (Å²) in [6.07, 6.45) is 0.995. The van der Waals surface area contributed by atoms with Crippen LogP contribution in [0.15, 0.2) is 146 Å². The minimum absolute atomic E-state index is 0.995. The molecule has 190 valence electrons. The molecule has 0 amide bonds. The van der Waals surface area contributed by atoms with Crippen LogP contribution < -0.4 is 0 Å². The summed E-state index contributed by atoms with van der Waals surface area (Å²) >= 11 is 0. The average Bonchev–Trinajstić information content (AvgIpc) is 3.42. The summed E-state index contributed by atoms with van der Waals surface area (Å²) in [5, 5.41) is 10.4. The van der Waals surface area contributed by atoms with Crippen LogP contribution in [-0.2, 0) is 6.42 Å². The van der Waals surface area contributed by atoms with E-state index < -0.39 is 0 Å². The van der Waals surface area contributed by atoms with Crippen molar-refractivity contribution in [3.05, 3.63) is 157 Å². The molecule has 0 radical (unpaired) electrons. The summed E-state index contributed by atoms with van der Waals surface area (Å²) in [6.45, 7) is 0. The minimum atomic E-state index is 0.995. The first kappa shape index (κ1) is 22.6. The van der Waals surface area contributed by atoms with Gasteiger partial charge in [-0.1, -0.05) is 133 Å². The molecule has 0 bridgehead atoms. The maximum Gasteiger partial charge on any atom is -0.000728 e. The van der Waals surface area contributed by atoms with E-state index in [1.165, 1.54) is 87.6 Å². The van der Waals surface area contributed by atoms with Crippen molar-refractivity contribution in [1.29, 1.82) is 0 Å². The van der Waals surface area contributed by atoms with Crippen LogP contribution in [0.2, 0.25) is 0 Å². The van der Waals surface area contributed by atoms with E-state index in [-0.39, 0.29) is 0 Å². The molecule has 0 N–H and O–H groups in total. The summed E-state index contributed by atoms with van der Waals surface area (Å²) < 4.78 is 0. The summed E-state index contributed by atoms with van der Waals surface area (Å²) in [5.74, 6) is 0. The molecule has 0 spiro atoms. The quantitative estimate of drug-likeness (QED) is 0.200. The highest BCUT2D eigenvalue weighted by atomic mass is 14.3. The van der Waals surface area contributed by atoms with Crippen molar-refractivity contribution in [2.75, 3.05) is 0 Å². The number of fused-ring (bicyclic) bond motifs is 8. The minimum Gasteiger partial charge on any atom is -0.0619 e. The lowest BCUT2D eigenvalue weighted by atomic mass is 9.83. The lowest BCUT2D eigenvalue weighted by Crippen LogP contribution is -1.93. The fraction of sp³-hybridized carbons (Fsp3) is 0.0244. The van der Waals surface area contributed by atoms with Crippen molar-refractivity contribution in [3.63, 3.8) is 0 Å². The molecule has 0 unspecified atom stereocenters. The normalized spacial score (nSPS) is 12.3. The van der Waals surface area contributed by atoms with Gasteiger partial charge in [0.25, 0.3) is 0 Å². The van der Waals surface area contributed by atoms with Crippen LogP contribution in [0.25, 0.3) is 76.5 Å². The second-order valence-corrected chi connectivity index (χ2v) is 11.2. The van der Waals surface area contributed by atoms with Gasteiger partial charge in [0.2, 0.25) is 0 Å². The Hall–Kier alpha value is -5.20. The van der Waals surface area contributed by atoms with Gasteiger partial charge in [0.15, 0.2) is 0 Å². The van der Waals surface area contributed by atoms with Crippen LogP contribution >= 0.6 is 0 Å². The van der Waals surface area contributed by atoms with E-state index in [4.69, 9.17) is 0 Å². The van der Waals surface area contributed by atoms with Gasteiger partial charge in [-0.3, -0.25) is 0 Å². The summed E-state index contributed by atoms with van der Waals surface area (Å²) in [4.78, 5) is 0. The number of rotatable bonds is 2. The Morgan fingerprint density at radius 2 is 0.902 bits per heavy atom. The third kappa shape index (κ3) is 3.28. The van der Waals surface area contributed by atoms with Crippen molar-refractivity contribution in [3.8, 4) is 33.4 Å². The maximum absolute atomic E-state index is 2.48. The first-order valence-corrected chi connectivity index (χ1v) is 14.4. The number of benzene rings is 8. The molecular weight excluding hydrogens is 492 g/mol. The smallest absolute Gasteiger partial charge is 0.000728 e. The van der Waals surface area contributed by atoms with Gasteiger partial charge in [-0.05, 0) is 106 Å². The predicted octanol–water partition coefficient (Wildman–Crippen LogP) is 11.2. The third-order valence-corrected chi connectivity index (χ3v) is 9.07. The van der Waals surface area contributed by atoms with E-state index in [0.717, 1.165) is 6.42 Å². The summed E-state index contributed by atoms with van der Waals surface area (Å²) in [6, 6.07) is 53.9. The van der Waals surface area contributed by atoms with Gasteiger partial charge in [0.05, 0.1) is 0 Å². The molecule has 9 rings (SSSR count). The molecule has 41 heavy (non-hydrogen) atoms. The van der Waals surface area contributed by atoms with Gasteiger partial charge in [0.1, 0.15) is 0 Å². The Labute approximate surface area is 239 Å². The Morgan fingerprint density at radius 3 is 1.63 bits per heavy atom. The second-order valence-electron chi connectivity index (χ2n) is 11.2. The van der Waals surface area contributed by atoms with Gasteiger partial charge in [-0.2, -0.15) is 0 Å². The van der Waals surface area contributed by atoms with Crippen LogP contribution in [0.3, 0.4) is 0 Å². The first-order chi connectivity index (χ1) is 20.3. The highest BCUT2D eigenvalue weighted by molar-refractivity contribution is 6.24. The molecule has 0 saturated carbocycles. The second kappa shape index (κ2) is 8.65. The monoisotopic (exact) mass is 518 g/mol. The van der Waals surface area contributed by atoms with E-state index in [1.807, 2.05) is 0 Å². The molecule has 0 heteroatoms. The zero-order valence-corrected chi connectivity index (χ0v) is 22.6. The zero-order valence-electron chi connectivity index (χ0n) is 22.6. The van der Waals surface area contributed by atoms with Crippen LogP contribution in [0.4, 0.5) is 0 Å². The van der Waals surface area contributed by atoms with E-state index in [2.05, 4.69) is 146 Å². The zero-order chi connectivity index (χ0) is 26.9. The van der Waals surface area contributed by atoms with E-state index in [0.29, 0.717) is 0 Å². The fourth-order valence-electron chi connectivity index (χ4n) is 7.28. The molecule has 8 aromatic carbocycles. The molecule has 0 atom stereocenters. The van der Waals surface area contributed by atoms with Gasteiger partial charge < -0.3 is 0 Å². The lowest BCUT2D eigenvalue weighted by Gasteiger charge is -2.20. The van der Waals surface area contributed by atoms with Crippen LogP contribution in [0.1, 0.15) is 11.1 Å². The third-order valence-electron chi connectivity index (χ3n) is 9.07. The van der Waals surface area contributed by atoms with Crippen LogP contribution in [-0.4, -0.2) is 0 Å². The molecule has 1 aliphatic carbocycles. The highest BCUT2D eigenvalue weighted by Crippen LogP contribution is 2.49. The fourth-order valence-corrected chi connectivity index (χ4v) is 7.28. The topological polar surface area (TPSA) is 0 Å². The largest absolute Gasteiger partial charge is 0.0619 e. The molecule has 0 fully saturated rings. The van der Waals surface area contributed by atoms with Crippen molar-refractivity contribution < 1.29 is 0 Å². The molecule has 0 aliphatic heterocycles. The highest BCUT2D eigenvalue weighted by Gasteiger charge is 2.24. The molecule has 0 heterocycles. The van der Waals surface area contributed by atoms with Crippen molar-refractivity contribution in [2.45, 2.75) is 6.42 Å². The van der Waals surface area contributed by atoms with Gasteiger partial charge in [-0.15, -0.1) is 0 Å². The molecule has 0 aromatic heterocycles. The van der Waals surface area contributed by atoms with Crippen molar-refractivity contribution >= 4 is 43.1 Å². The SMILES string of the molecule is c1ccc2c(c1)Cc1c-2cc(-c2c3ccccc3c(-c3ccc4ccccc4c3)c3ccccc23)c2ccccc12. The van der Waals surface area contributed by atoms with Crippen LogP contribution in [0, 0.1) is 0 Å². The predicted molar refractivity (Wildman–Crippen MR) is 176 cm³/mol. The molecule has 8 aromatic rings. The van der Waals surface area contributed by atoms with Crippen molar-refractivity contribution in [1.82, 2.24) is 0 Å². The van der Waals surface area contributed by atoms with Crippen molar-refractivity contribution in [2.24, 2.45) is 0 Å². The molecular formula is C41H26. The van der Waals surface area contributed by atoms with Crippen LogP contribution in [0.5, 0.6) is 0 Å².